The smallest absolute Gasteiger partial charge is 0.0554 e. The molecule has 0 amide bonds. The molecule has 0 bridgehead atoms. The first-order chi connectivity index (χ1) is 30.2. The number of hydrogen-bond donors (Lipinski definition) is 0. The Morgan fingerprint density at radius 1 is 0.328 bits per heavy atom. The first-order valence-corrected chi connectivity index (χ1v) is 21.6. The summed E-state index contributed by atoms with van der Waals surface area (Å²) in [5.41, 5.74) is 14.1. The average molecular weight is 795 g/mol. The molecule has 2 aromatic heterocycles. The first-order valence-electron chi connectivity index (χ1n) is 20.8. The minimum atomic E-state index is 1.11. The van der Waals surface area contributed by atoms with E-state index >= 15 is 0 Å². The van der Waals surface area contributed by atoms with Gasteiger partial charge in [-0.25, -0.2) is 0 Å². The molecule has 0 unspecified atom stereocenters. The molecule has 12 rings (SSSR count). The van der Waals surface area contributed by atoms with Crippen LogP contribution in [0, 0.1) is 0 Å². The molecule has 0 atom stereocenters. The van der Waals surface area contributed by atoms with E-state index < -0.39 is 0 Å². The summed E-state index contributed by atoms with van der Waals surface area (Å²) >= 11 is 1.86. The summed E-state index contributed by atoms with van der Waals surface area (Å²) in [6, 6.07) is 84.2. The van der Waals surface area contributed by atoms with Crippen molar-refractivity contribution in [1.29, 1.82) is 0 Å². The third kappa shape index (κ3) is 6.09. The van der Waals surface area contributed by atoms with E-state index in [1.54, 1.807) is 0 Å². The van der Waals surface area contributed by atoms with Gasteiger partial charge in [-0.05, 0) is 123 Å². The molecule has 12 aromatic rings. The largest absolute Gasteiger partial charge is 0.310 e. The van der Waals surface area contributed by atoms with Crippen molar-refractivity contribution in [3.8, 4) is 39.1 Å². The van der Waals surface area contributed by atoms with Crippen LogP contribution in [0.5, 0.6) is 0 Å². The van der Waals surface area contributed by atoms with Crippen molar-refractivity contribution in [2.24, 2.45) is 0 Å². The van der Waals surface area contributed by atoms with Crippen molar-refractivity contribution in [2.45, 2.75) is 0 Å². The summed E-state index contributed by atoms with van der Waals surface area (Å²) in [5, 5.41) is 7.60. The van der Waals surface area contributed by atoms with Crippen LogP contribution in [-0.2, 0) is 0 Å². The number of thiophene rings is 1. The Kier molecular flexibility index (Phi) is 8.39. The number of para-hydroxylation sites is 2. The van der Waals surface area contributed by atoms with Gasteiger partial charge in [0.05, 0.1) is 16.7 Å². The third-order valence-corrected chi connectivity index (χ3v) is 13.3. The highest BCUT2D eigenvalue weighted by Crippen LogP contribution is 2.45. The lowest BCUT2D eigenvalue weighted by Gasteiger charge is -2.27. The second-order valence-electron chi connectivity index (χ2n) is 15.7. The zero-order chi connectivity index (χ0) is 40.3. The fourth-order valence-electron chi connectivity index (χ4n) is 9.25. The highest BCUT2D eigenvalue weighted by Gasteiger charge is 2.19. The lowest BCUT2D eigenvalue weighted by molar-refractivity contribution is 1.18. The summed E-state index contributed by atoms with van der Waals surface area (Å²) in [6.45, 7) is 0. The van der Waals surface area contributed by atoms with Gasteiger partial charge in [-0.2, -0.15) is 0 Å². The topological polar surface area (TPSA) is 8.17 Å². The Bertz CT molecular complexity index is 3540. The van der Waals surface area contributed by atoms with Crippen LogP contribution in [0.1, 0.15) is 0 Å². The van der Waals surface area contributed by atoms with E-state index in [-0.39, 0.29) is 0 Å². The maximum absolute atomic E-state index is 2.43. The second kappa shape index (κ2) is 14.5. The maximum atomic E-state index is 2.43. The van der Waals surface area contributed by atoms with E-state index in [4.69, 9.17) is 0 Å². The molecular weight excluding hydrogens is 757 g/mol. The van der Waals surface area contributed by atoms with Crippen LogP contribution in [0.2, 0.25) is 0 Å². The minimum absolute atomic E-state index is 1.11. The molecule has 0 spiro atoms. The van der Waals surface area contributed by atoms with Crippen molar-refractivity contribution in [1.82, 2.24) is 4.57 Å². The second-order valence-corrected chi connectivity index (χ2v) is 16.8. The molecule has 0 saturated heterocycles. The fraction of sp³-hybridized carbons (Fsp3) is 0. The number of aromatic nitrogens is 1. The highest BCUT2D eigenvalue weighted by molar-refractivity contribution is 7.26. The van der Waals surface area contributed by atoms with Crippen LogP contribution < -0.4 is 4.90 Å². The Balaban J connectivity index is 0.939. The van der Waals surface area contributed by atoms with E-state index in [0.717, 1.165) is 17.1 Å². The van der Waals surface area contributed by atoms with Crippen molar-refractivity contribution >= 4 is 81.1 Å². The quantitative estimate of drug-likeness (QED) is 0.156. The molecule has 10 aromatic carbocycles. The lowest BCUT2D eigenvalue weighted by Crippen LogP contribution is -2.10. The summed E-state index contributed by atoms with van der Waals surface area (Å²) in [6.07, 6.45) is 0. The average Bonchev–Trinajstić information content (AvgIpc) is 3.89. The fourth-order valence-corrected chi connectivity index (χ4v) is 10.4. The molecule has 3 heteroatoms. The lowest BCUT2D eigenvalue weighted by atomic mass is 9.97. The number of nitrogens with zero attached hydrogens (tertiary/aromatic N) is 2. The highest BCUT2D eigenvalue weighted by atomic mass is 32.1. The summed E-state index contributed by atoms with van der Waals surface area (Å²) < 4.78 is 4.97. The van der Waals surface area contributed by atoms with Gasteiger partial charge >= 0.3 is 0 Å². The molecule has 0 fully saturated rings. The van der Waals surface area contributed by atoms with Crippen molar-refractivity contribution in [2.75, 3.05) is 4.90 Å². The summed E-state index contributed by atoms with van der Waals surface area (Å²) in [4.78, 5) is 2.43. The number of anilines is 3. The standard InChI is InChI=1S/C58H38N2S/c1-2-13-42-37-46(27-26-39(42)12-1)44-15-9-14-43(36-44)40-28-32-47(33-29-40)59(55-23-11-25-57-58(55)52-20-5-8-24-56(52)61-57)48-34-30-41(31-35-48)45-16-10-17-49(38-45)60-53-21-6-3-18-50(53)51-19-4-7-22-54(51)60/h1-38H. The van der Waals surface area contributed by atoms with Crippen molar-refractivity contribution in [3.63, 3.8) is 0 Å². The van der Waals surface area contributed by atoms with Crippen LogP contribution in [0.3, 0.4) is 0 Å². The van der Waals surface area contributed by atoms with Crippen molar-refractivity contribution in [3.05, 3.63) is 231 Å². The van der Waals surface area contributed by atoms with Gasteiger partial charge in [0.2, 0.25) is 0 Å². The minimum Gasteiger partial charge on any atom is -0.310 e. The zero-order valence-corrected chi connectivity index (χ0v) is 34.1. The molecule has 286 valence electrons. The number of benzene rings is 10. The molecule has 0 aliphatic heterocycles. The van der Waals surface area contributed by atoms with E-state index in [1.165, 1.54) is 91.8 Å². The summed E-state index contributed by atoms with van der Waals surface area (Å²) in [5.74, 6) is 0. The van der Waals surface area contributed by atoms with Crippen LogP contribution in [0.4, 0.5) is 17.1 Å². The number of fused-ring (bicyclic) bond motifs is 7. The summed E-state index contributed by atoms with van der Waals surface area (Å²) in [7, 11) is 0. The van der Waals surface area contributed by atoms with E-state index in [1.807, 2.05) is 11.3 Å². The molecule has 0 saturated carbocycles. The Labute approximate surface area is 358 Å². The first kappa shape index (κ1) is 35.2. The van der Waals surface area contributed by atoms with Gasteiger partial charge in [0.15, 0.2) is 0 Å². The van der Waals surface area contributed by atoms with Crippen LogP contribution >= 0.6 is 11.3 Å². The van der Waals surface area contributed by atoms with Crippen LogP contribution in [-0.4, -0.2) is 4.57 Å². The van der Waals surface area contributed by atoms with Crippen molar-refractivity contribution < 1.29 is 0 Å². The predicted octanol–water partition coefficient (Wildman–Crippen LogP) is 16.8. The Morgan fingerprint density at radius 3 is 1.54 bits per heavy atom. The van der Waals surface area contributed by atoms with Gasteiger partial charge in [0.25, 0.3) is 0 Å². The molecule has 0 radical (unpaired) electrons. The van der Waals surface area contributed by atoms with Gasteiger partial charge in [0.1, 0.15) is 0 Å². The van der Waals surface area contributed by atoms with Gasteiger partial charge in [-0.3, -0.25) is 0 Å². The zero-order valence-electron chi connectivity index (χ0n) is 33.2. The SMILES string of the molecule is c1cc(-c2ccc(N(c3ccc(-c4cccc(-n5c6ccccc6c6ccccc65)c4)cc3)c3cccc4sc5ccccc5c34)cc2)cc(-c2ccc3ccccc3c2)c1. The normalized spacial score (nSPS) is 11.6. The van der Waals surface area contributed by atoms with E-state index in [9.17, 15) is 0 Å². The molecule has 0 aliphatic rings. The monoisotopic (exact) mass is 794 g/mol. The van der Waals surface area contributed by atoms with Crippen LogP contribution in [0.15, 0.2) is 231 Å². The molecule has 61 heavy (non-hydrogen) atoms. The molecule has 0 aliphatic carbocycles. The van der Waals surface area contributed by atoms with E-state index in [2.05, 4.69) is 240 Å². The maximum Gasteiger partial charge on any atom is 0.0554 e. The molecule has 0 N–H and O–H groups in total. The molecular formula is C58H38N2S. The molecule has 2 nitrogen and oxygen atoms in total. The van der Waals surface area contributed by atoms with Gasteiger partial charge in [-0.1, -0.05) is 152 Å². The molecule has 2 heterocycles. The third-order valence-electron chi connectivity index (χ3n) is 12.2. The number of rotatable bonds is 7. The van der Waals surface area contributed by atoms with E-state index in [0.29, 0.717) is 0 Å². The van der Waals surface area contributed by atoms with Gasteiger partial charge < -0.3 is 9.47 Å². The number of hydrogen-bond acceptors (Lipinski definition) is 2. The predicted molar refractivity (Wildman–Crippen MR) is 262 cm³/mol. The van der Waals surface area contributed by atoms with Gasteiger partial charge in [0, 0.05) is 48.0 Å². The Morgan fingerprint density at radius 2 is 0.836 bits per heavy atom. The van der Waals surface area contributed by atoms with Crippen LogP contribution in [0.25, 0.3) is 91.8 Å². The van der Waals surface area contributed by atoms with Gasteiger partial charge in [-0.15, -0.1) is 11.3 Å². The Hall–Kier alpha value is -7.72.